The molecule has 0 saturated carbocycles. The van der Waals surface area contributed by atoms with Gasteiger partial charge in [0.05, 0.1) is 5.56 Å². The molecule has 0 spiro atoms. The first-order valence-corrected chi connectivity index (χ1v) is 8.18. The van der Waals surface area contributed by atoms with Gasteiger partial charge in [-0.2, -0.15) is 0 Å². The zero-order chi connectivity index (χ0) is 17.3. The van der Waals surface area contributed by atoms with Crippen LogP contribution in [0.5, 0.6) is 11.5 Å². The first-order chi connectivity index (χ1) is 11.3. The largest absolute Gasteiger partial charge is 0.507 e. The lowest BCUT2D eigenvalue weighted by Gasteiger charge is -2.32. The Labute approximate surface area is 142 Å². The molecule has 3 rings (SSSR count). The predicted molar refractivity (Wildman–Crippen MR) is 95.7 cm³/mol. The lowest BCUT2D eigenvalue weighted by Crippen LogP contribution is -2.32. The third-order valence-electron chi connectivity index (χ3n) is 4.33. The second-order valence-electron chi connectivity index (χ2n) is 6.95. The molecule has 1 aliphatic heterocycles. The molecule has 0 bridgehead atoms. The third-order valence-corrected chi connectivity index (χ3v) is 4.33. The number of allylic oxidation sites excluding steroid dienone is 1. The molecule has 1 heterocycles. The van der Waals surface area contributed by atoms with Crippen molar-refractivity contribution in [1.82, 2.24) is 0 Å². The van der Waals surface area contributed by atoms with Crippen molar-refractivity contribution in [2.75, 3.05) is 0 Å². The predicted octanol–water partition coefficient (Wildman–Crippen LogP) is 4.70. The minimum absolute atomic E-state index is 0.0370. The maximum absolute atomic E-state index is 12.4. The lowest BCUT2D eigenvalue weighted by molar-refractivity contribution is 0.0842. The van der Waals surface area contributed by atoms with Crippen molar-refractivity contribution >= 4 is 11.9 Å². The number of fused-ring (bicyclic) bond motifs is 1. The maximum atomic E-state index is 12.4. The van der Waals surface area contributed by atoms with Gasteiger partial charge in [0.1, 0.15) is 17.1 Å². The Morgan fingerprint density at radius 1 is 1.21 bits per heavy atom. The minimum Gasteiger partial charge on any atom is -0.507 e. The normalized spacial score (nSPS) is 15.8. The highest BCUT2D eigenvalue weighted by atomic mass is 16.5. The number of hydrogen-bond donors (Lipinski definition) is 1. The van der Waals surface area contributed by atoms with Crippen LogP contribution in [0.4, 0.5) is 0 Å². The van der Waals surface area contributed by atoms with E-state index in [1.165, 1.54) is 11.6 Å². The fraction of sp³-hybridized carbons (Fsp3) is 0.286. The molecule has 1 N–H and O–H groups in total. The molecule has 0 saturated heterocycles. The van der Waals surface area contributed by atoms with Gasteiger partial charge >= 0.3 is 0 Å². The minimum atomic E-state index is -0.240. The fourth-order valence-corrected chi connectivity index (χ4v) is 2.83. The molecule has 2 aromatic rings. The van der Waals surface area contributed by atoms with E-state index < -0.39 is 0 Å². The maximum Gasteiger partial charge on any atom is 0.189 e. The average molecular weight is 322 g/mol. The molecule has 0 aliphatic carbocycles. The first-order valence-electron chi connectivity index (χ1n) is 8.18. The van der Waals surface area contributed by atoms with E-state index in [1.54, 1.807) is 18.2 Å². The van der Waals surface area contributed by atoms with E-state index >= 15 is 0 Å². The Morgan fingerprint density at radius 2 is 1.92 bits per heavy atom. The van der Waals surface area contributed by atoms with Gasteiger partial charge in [-0.05, 0) is 56.9 Å². The summed E-state index contributed by atoms with van der Waals surface area (Å²) in [7, 11) is 0. The Balaban J connectivity index is 1.84. The number of phenols is 1. The Bertz CT molecular complexity index is 799. The monoisotopic (exact) mass is 322 g/mol. The molecular formula is C21H22O3. The van der Waals surface area contributed by atoms with E-state index in [0.29, 0.717) is 11.3 Å². The number of rotatable bonds is 3. The average Bonchev–Trinajstić information content (AvgIpc) is 2.52. The molecule has 0 fully saturated rings. The summed E-state index contributed by atoms with van der Waals surface area (Å²) in [5.41, 5.74) is 3.18. The van der Waals surface area contributed by atoms with E-state index in [4.69, 9.17) is 4.74 Å². The van der Waals surface area contributed by atoms with Crippen LogP contribution in [0.25, 0.3) is 6.08 Å². The summed E-state index contributed by atoms with van der Waals surface area (Å²) in [6.45, 7) is 6.07. The fourth-order valence-electron chi connectivity index (χ4n) is 2.83. The summed E-state index contributed by atoms with van der Waals surface area (Å²) in [6, 6.07) is 11.2. The van der Waals surface area contributed by atoms with Gasteiger partial charge in [0.2, 0.25) is 0 Å². The van der Waals surface area contributed by atoms with Gasteiger partial charge in [0.15, 0.2) is 5.78 Å². The molecule has 0 atom stereocenters. The molecule has 2 aromatic carbocycles. The molecule has 0 amide bonds. The smallest absolute Gasteiger partial charge is 0.189 e. The SMILES string of the molecule is Cc1ccc(/C=C/C(=O)c2cc3c(cc2O)OC(C)(C)CC3)cc1. The van der Waals surface area contributed by atoms with Crippen molar-refractivity contribution in [2.45, 2.75) is 39.2 Å². The van der Waals surface area contributed by atoms with Crippen molar-refractivity contribution in [3.8, 4) is 11.5 Å². The summed E-state index contributed by atoms with van der Waals surface area (Å²) < 4.78 is 5.89. The van der Waals surface area contributed by atoms with Gasteiger partial charge in [-0.3, -0.25) is 4.79 Å². The molecule has 1 aliphatic rings. The molecule has 3 heteroatoms. The Hall–Kier alpha value is -2.55. The van der Waals surface area contributed by atoms with Crippen LogP contribution in [0.15, 0.2) is 42.5 Å². The highest BCUT2D eigenvalue weighted by Gasteiger charge is 2.28. The summed E-state index contributed by atoms with van der Waals surface area (Å²) >= 11 is 0. The lowest BCUT2D eigenvalue weighted by atomic mass is 9.92. The van der Waals surface area contributed by atoms with Crippen molar-refractivity contribution in [1.29, 1.82) is 0 Å². The van der Waals surface area contributed by atoms with Gasteiger partial charge in [0, 0.05) is 6.07 Å². The number of hydrogen-bond acceptors (Lipinski definition) is 3. The summed E-state index contributed by atoms with van der Waals surface area (Å²) in [5, 5.41) is 10.2. The van der Waals surface area contributed by atoms with E-state index in [-0.39, 0.29) is 17.1 Å². The van der Waals surface area contributed by atoms with Crippen LogP contribution in [0.3, 0.4) is 0 Å². The molecular weight excluding hydrogens is 300 g/mol. The van der Waals surface area contributed by atoms with E-state index in [0.717, 1.165) is 24.0 Å². The van der Waals surface area contributed by atoms with Crippen molar-refractivity contribution in [3.05, 3.63) is 64.7 Å². The standard InChI is InChI=1S/C21H22O3/c1-14-4-6-15(7-5-14)8-9-18(22)17-12-16-10-11-21(2,3)24-20(16)13-19(17)23/h4-9,12-13,23H,10-11H2,1-3H3/b9-8+. The zero-order valence-corrected chi connectivity index (χ0v) is 14.3. The van der Waals surface area contributed by atoms with Crippen molar-refractivity contribution in [2.24, 2.45) is 0 Å². The van der Waals surface area contributed by atoms with Crippen LogP contribution in [0.2, 0.25) is 0 Å². The summed E-state index contributed by atoms with van der Waals surface area (Å²) in [5.74, 6) is 0.425. The van der Waals surface area contributed by atoms with Gasteiger partial charge < -0.3 is 9.84 Å². The van der Waals surface area contributed by atoms with Crippen molar-refractivity contribution in [3.63, 3.8) is 0 Å². The molecule has 124 valence electrons. The quantitative estimate of drug-likeness (QED) is 0.658. The number of carbonyl (C=O) groups excluding carboxylic acids is 1. The molecule has 0 aromatic heterocycles. The van der Waals surface area contributed by atoms with Crippen molar-refractivity contribution < 1.29 is 14.6 Å². The molecule has 3 nitrogen and oxygen atoms in total. The van der Waals surface area contributed by atoms with Crippen LogP contribution < -0.4 is 4.74 Å². The van der Waals surface area contributed by atoms with Crippen LogP contribution in [-0.4, -0.2) is 16.5 Å². The topological polar surface area (TPSA) is 46.5 Å². The second kappa shape index (κ2) is 6.16. The number of ether oxygens (including phenoxy) is 1. The number of benzene rings is 2. The number of phenolic OH excluding ortho intramolecular Hbond substituents is 1. The number of carbonyl (C=O) groups is 1. The van der Waals surface area contributed by atoms with Gasteiger partial charge in [-0.15, -0.1) is 0 Å². The Morgan fingerprint density at radius 3 is 2.62 bits per heavy atom. The molecule has 24 heavy (non-hydrogen) atoms. The number of aryl methyl sites for hydroxylation is 2. The van der Waals surface area contributed by atoms with Gasteiger partial charge in [-0.25, -0.2) is 0 Å². The highest BCUT2D eigenvalue weighted by Crippen LogP contribution is 2.37. The third kappa shape index (κ3) is 3.51. The molecule has 0 radical (unpaired) electrons. The zero-order valence-electron chi connectivity index (χ0n) is 14.3. The summed E-state index contributed by atoms with van der Waals surface area (Å²) in [6.07, 6.45) is 4.99. The number of ketones is 1. The Kier molecular flexibility index (Phi) is 4.18. The van der Waals surface area contributed by atoms with Crippen LogP contribution in [0, 0.1) is 6.92 Å². The van der Waals surface area contributed by atoms with E-state index in [2.05, 4.69) is 0 Å². The van der Waals surface area contributed by atoms with Crippen LogP contribution in [0.1, 0.15) is 47.3 Å². The number of aromatic hydroxyl groups is 1. The van der Waals surface area contributed by atoms with Crippen LogP contribution >= 0.6 is 0 Å². The van der Waals surface area contributed by atoms with Crippen LogP contribution in [-0.2, 0) is 6.42 Å². The second-order valence-corrected chi connectivity index (χ2v) is 6.95. The van der Waals surface area contributed by atoms with E-state index in [1.807, 2.05) is 45.0 Å². The highest BCUT2D eigenvalue weighted by molar-refractivity contribution is 6.08. The van der Waals surface area contributed by atoms with Gasteiger partial charge in [-0.1, -0.05) is 35.9 Å². The molecule has 0 unspecified atom stereocenters. The first kappa shape index (κ1) is 16.3. The summed E-state index contributed by atoms with van der Waals surface area (Å²) in [4.78, 5) is 12.4. The van der Waals surface area contributed by atoms with E-state index in [9.17, 15) is 9.90 Å². The van der Waals surface area contributed by atoms with Gasteiger partial charge in [0.25, 0.3) is 0 Å².